The molecule has 2 bridgehead atoms. The van der Waals surface area contributed by atoms with E-state index in [1.165, 1.54) is 32.1 Å². The Hall–Kier alpha value is -0.610. The minimum absolute atomic E-state index is 0.318. The second-order valence-electron chi connectivity index (χ2n) is 6.23. The molecule has 0 aliphatic carbocycles. The molecule has 110 valence electrons. The molecule has 0 aromatic rings. The van der Waals surface area contributed by atoms with Crippen molar-refractivity contribution in [1.82, 2.24) is 10.2 Å². The van der Waals surface area contributed by atoms with Gasteiger partial charge in [0.15, 0.2) is 0 Å². The molecule has 2 rings (SSSR count). The quantitative estimate of drug-likeness (QED) is 0.695. The number of piperidine rings is 2. The second kappa shape index (κ2) is 7.25. The fourth-order valence-electron chi connectivity index (χ4n) is 3.67. The number of rotatable bonds is 7. The highest BCUT2D eigenvalue weighted by Crippen LogP contribution is 2.32. The van der Waals surface area contributed by atoms with E-state index in [1.807, 2.05) is 0 Å². The molecule has 2 aliphatic rings. The first kappa shape index (κ1) is 14.8. The average molecular weight is 268 g/mol. The summed E-state index contributed by atoms with van der Waals surface area (Å²) in [6.45, 7) is 1.05. The smallest absolute Gasteiger partial charge is 0.303 e. The summed E-state index contributed by atoms with van der Waals surface area (Å²) in [5, 5.41) is 12.3. The van der Waals surface area contributed by atoms with Gasteiger partial charge in [-0.25, -0.2) is 0 Å². The number of nitrogens with zero attached hydrogens (tertiary/aromatic N) is 1. The molecule has 0 aromatic heterocycles. The lowest BCUT2D eigenvalue weighted by molar-refractivity contribution is -0.137. The summed E-state index contributed by atoms with van der Waals surface area (Å²) in [6, 6.07) is 2.26. The number of fused-ring (bicyclic) bond motifs is 2. The Bertz CT molecular complexity index is 282. The van der Waals surface area contributed by atoms with Gasteiger partial charge in [0.25, 0.3) is 0 Å². The summed E-state index contributed by atoms with van der Waals surface area (Å²) in [6.07, 6.45) is 9.99. The molecule has 2 heterocycles. The molecule has 4 heteroatoms. The maximum absolute atomic E-state index is 10.4. The molecule has 4 nitrogen and oxygen atoms in total. The highest BCUT2D eigenvalue weighted by atomic mass is 16.4. The zero-order valence-corrected chi connectivity index (χ0v) is 12.1. The molecule has 19 heavy (non-hydrogen) atoms. The van der Waals surface area contributed by atoms with Crippen molar-refractivity contribution >= 4 is 5.97 Å². The zero-order chi connectivity index (χ0) is 13.7. The van der Waals surface area contributed by atoms with Crippen LogP contribution in [0, 0.1) is 0 Å². The molecule has 0 aromatic carbocycles. The summed E-state index contributed by atoms with van der Waals surface area (Å²) in [7, 11) is 2.29. The summed E-state index contributed by atoms with van der Waals surface area (Å²) < 4.78 is 0. The van der Waals surface area contributed by atoms with Crippen LogP contribution in [0.25, 0.3) is 0 Å². The van der Waals surface area contributed by atoms with Crippen molar-refractivity contribution in [3.05, 3.63) is 0 Å². The van der Waals surface area contributed by atoms with Gasteiger partial charge < -0.3 is 15.3 Å². The van der Waals surface area contributed by atoms with Crippen molar-refractivity contribution in [2.24, 2.45) is 0 Å². The third-order valence-electron chi connectivity index (χ3n) is 4.84. The molecule has 0 amide bonds. The molecule has 0 radical (unpaired) electrons. The molecule has 2 N–H and O–H groups in total. The lowest BCUT2D eigenvalue weighted by Crippen LogP contribution is -2.54. The van der Waals surface area contributed by atoms with Gasteiger partial charge in [0.05, 0.1) is 0 Å². The second-order valence-corrected chi connectivity index (χ2v) is 6.23. The molecule has 2 fully saturated rings. The van der Waals surface area contributed by atoms with Gasteiger partial charge in [-0.1, -0.05) is 12.8 Å². The summed E-state index contributed by atoms with van der Waals surface area (Å²) in [5.41, 5.74) is 0. The number of hydrogen-bond donors (Lipinski definition) is 2. The van der Waals surface area contributed by atoms with Crippen LogP contribution in [-0.4, -0.2) is 47.7 Å². The van der Waals surface area contributed by atoms with E-state index in [1.54, 1.807) is 0 Å². The third kappa shape index (κ3) is 4.46. The number of aliphatic carboxylic acids is 1. The predicted molar refractivity (Wildman–Crippen MR) is 76.3 cm³/mol. The predicted octanol–water partition coefficient (Wildman–Crippen LogP) is 2.24. The largest absolute Gasteiger partial charge is 0.481 e. The van der Waals surface area contributed by atoms with Crippen molar-refractivity contribution in [1.29, 1.82) is 0 Å². The van der Waals surface area contributed by atoms with Crippen molar-refractivity contribution in [2.75, 3.05) is 13.6 Å². The Morgan fingerprint density at radius 3 is 2.53 bits per heavy atom. The maximum Gasteiger partial charge on any atom is 0.303 e. The molecule has 2 saturated heterocycles. The van der Waals surface area contributed by atoms with E-state index in [4.69, 9.17) is 5.11 Å². The Morgan fingerprint density at radius 2 is 1.89 bits per heavy atom. The number of carboxylic acid groups (broad SMARTS) is 1. The van der Waals surface area contributed by atoms with E-state index in [0.29, 0.717) is 12.5 Å². The number of nitrogens with one attached hydrogen (secondary N) is 1. The van der Waals surface area contributed by atoms with Crippen molar-refractivity contribution in [2.45, 2.75) is 75.9 Å². The summed E-state index contributed by atoms with van der Waals surface area (Å²) in [4.78, 5) is 13.0. The summed E-state index contributed by atoms with van der Waals surface area (Å²) in [5.74, 6) is -0.670. The van der Waals surface area contributed by atoms with E-state index >= 15 is 0 Å². The number of unbranched alkanes of at least 4 members (excludes halogenated alkanes) is 2. The van der Waals surface area contributed by atoms with Gasteiger partial charge in [-0.15, -0.1) is 0 Å². The van der Waals surface area contributed by atoms with Crippen molar-refractivity contribution in [3.63, 3.8) is 0 Å². The monoisotopic (exact) mass is 268 g/mol. The SMILES string of the molecule is CN1C2CCCC1CC(NCCCCCC(=O)O)C2. The van der Waals surface area contributed by atoms with Crippen LogP contribution in [0.15, 0.2) is 0 Å². The number of carboxylic acids is 1. The zero-order valence-electron chi connectivity index (χ0n) is 12.1. The van der Waals surface area contributed by atoms with Crippen LogP contribution < -0.4 is 5.32 Å². The summed E-state index contributed by atoms with van der Waals surface area (Å²) >= 11 is 0. The minimum atomic E-state index is -0.670. The maximum atomic E-state index is 10.4. The molecule has 0 saturated carbocycles. The highest BCUT2D eigenvalue weighted by Gasteiger charge is 2.35. The Balaban J connectivity index is 1.58. The van der Waals surface area contributed by atoms with Crippen molar-refractivity contribution < 1.29 is 9.90 Å². The Labute approximate surface area is 116 Å². The van der Waals surface area contributed by atoms with Crippen LogP contribution in [-0.2, 0) is 4.79 Å². The molecule has 0 spiro atoms. The van der Waals surface area contributed by atoms with Crippen molar-refractivity contribution in [3.8, 4) is 0 Å². The van der Waals surface area contributed by atoms with E-state index in [-0.39, 0.29) is 0 Å². The first-order valence-corrected chi connectivity index (χ1v) is 7.84. The van der Waals surface area contributed by atoms with Gasteiger partial charge in [-0.3, -0.25) is 4.79 Å². The van der Waals surface area contributed by atoms with Crippen LogP contribution in [0.4, 0.5) is 0 Å². The third-order valence-corrected chi connectivity index (χ3v) is 4.84. The molecule has 2 unspecified atom stereocenters. The van der Waals surface area contributed by atoms with E-state index in [2.05, 4.69) is 17.3 Å². The van der Waals surface area contributed by atoms with Gasteiger partial charge >= 0.3 is 5.97 Å². The normalized spacial score (nSPS) is 31.3. The molecular formula is C15H28N2O2. The van der Waals surface area contributed by atoms with Gasteiger partial charge in [-0.05, 0) is 52.1 Å². The molecule has 2 atom stereocenters. The van der Waals surface area contributed by atoms with E-state index < -0.39 is 5.97 Å². The van der Waals surface area contributed by atoms with Crippen LogP contribution in [0.5, 0.6) is 0 Å². The molecular weight excluding hydrogens is 240 g/mol. The van der Waals surface area contributed by atoms with Gasteiger partial charge in [0.2, 0.25) is 0 Å². The Morgan fingerprint density at radius 1 is 1.21 bits per heavy atom. The van der Waals surface area contributed by atoms with E-state index in [0.717, 1.165) is 37.9 Å². The fourth-order valence-corrected chi connectivity index (χ4v) is 3.67. The van der Waals surface area contributed by atoms with E-state index in [9.17, 15) is 4.79 Å². The minimum Gasteiger partial charge on any atom is -0.481 e. The highest BCUT2D eigenvalue weighted by molar-refractivity contribution is 5.66. The molecule has 2 aliphatic heterocycles. The van der Waals surface area contributed by atoms with Gasteiger partial charge in [0.1, 0.15) is 0 Å². The van der Waals surface area contributed by atoms with Gasteiger partial charge in [-0.2, -0.15) is 0 Å². The number of carbonyl (C=O) groups is 1. The fraction of sp³-hybridized carbons (Fsp3) is 0.933. The standard InChI is InChI=1S/C15H28N2O2/c1-17-13-6-5-7-14(17)11-12(10-13)16-9-4-2-3-8-15(18)19/h12-14,16H,2-11H2,1H3,(H,18,19). The lowest BCUT2D eigenvalue weighted by atomic mass is 9.82. The first-order chi connectivity index (χ1) is 9.16. The van der Waals surface area contributed by atoms with Crippen LogP contribution in [0.3, 0.4) is 0 Å². The van der Waals surface area contributed by atoms with Gasteiger partial charge in [0, 0.05) is 24.5 Å². The van der Waals surface area contributed by atoms with Crippen LogP contribution in [0.2, 0.25) is 0 Å². The number of hydrogen-bond acceptors (Lipinski definition) is 3. The topological polar surface area (TPSA) is 52.6 Å². The average Bonchev–Trinajstić information content (AvgIpc) is 2.34. The van der Waals surface area contributed by atoms with Crippen LogP contribution in [0.1, 0.15) is 57.8 Å². The Kier molecular flexibility index (Phi) is 5.64. The first-order valence-electron chi connectivity index (χ1n) is 7.84. The van der Waals surface area contributed by atoms with Crippen LogP contribution >= 0.6 is 0 Å². The lowest BCUT2D eigenvalue weighted by Gasteiger charge is -2.47.